The van der Waals surface area contributed by atoms with Gasteiger partial charge < -0.3 is 14.9 Å². The first-order valence-electron chi connectivity index (χ1n) is 7.01. The summed E-state index contributed by atoms with van der Waals surface area (Å²) in [5.41, 5.74) is 3.37. The molecule has 0 saturated carbocycles. The van der Waals surface area contributed by atoms with E-state index in [2.05, 4.69) is 17.4 Å². The van der Waals surface area contributed by atoms with Crippen molar-refractivity contribution in [1.29, 1.82) is 0 Å². The molecule has 0 spiro atoms. The van der Waals surface area contributed by atoms with E-state index >= 15 is 0 Å². The van der Waals surface area contributed by atoms with Crippen molar-refractivity contribution in [3.63, 3.8) is 0 Å². The third-order valence-electron chi connectivity index (χ3n) is 3.60. The van der Waals surface area contributed by atoms with Crippen molar-refractivity contribution in [3.8, 4) is 0 Å². The molecule has 0 aliphatic heterocycles. The van der Waals surface area contributed by atoms with Crippen LogP contribution in [0, 0.1) is 13.8 Å². The van der Waals surface area contributed by atoms with Crippen LogP contribution in [0.1, 0.15) is 52.3 Å². The highest BCUT2D eigenvalue weighted by Gasteiger charge is 2.18. The number of aromatic carboxylic acids is 1. The number of nitrogens with one attached hydrogen (secondary N) is 1. The van der Waals surface area contributed by atoms with Crippen LogP contribution in [-0.4, -0.2) is 16.2 Å². The highest BCUT2D eigenvalue weighted by atomic mass is 16.5. The van der Waals surface area contributed by atoms with Gasteiger partial charge in [0.1, 0.15) is 5.76 Å². The molecule has 0 amide bonds. The molecule has 0 aliphatic rings. The Hall–Kier alpha value is -2.14. The van der Waals surface area contributed by atoms with Crippen molar-refractivity contribution in [2.45, 2.75) is 39.8 Å². The summed E-state index contributed by atoms with van der Waals surface area (Å²) in [6, 6.07) is 7.08. The van der Waals surface area contributed by atoms with Gasteiger partial charge in [0.25, 0.3) is 0 Å². The van der Waals surface area contributed by atoms with Gasteiger partial charge in [-0.25, -0.2) is 4.79 Å². The third-order valence-corrected chi connectivity index (χ3v) is 3.60. The van der Waals surface area contributed by atoms with Crippen molar-refractivity contribution in [2.24, 2.45) is 0 Å². The fraction of sp³-hybridized carbons (Fsp3) is 0.375. The fourth-order valence-electron chi connectivity index (χ4n) is 2.44. The van der Waals surface area contributed by atoms with Crippen LogP contribution in [-0.2, 0) is 6.54 Å². The molecule has 1 heterocycles. The van der Waals surface area contributed by atoms with Gasteiger partial charge in [-0.15, -0.1) is 0 Å². The van der Waals surface area contributed by atoms with E-state index in [9.17, 15) is 4.79 Å². The van der Waals surface area contributed by atoms with Gasteiger partial charge in [0.05, 0.1) is 11.3 Å². The van der Waals surface area contributed by atoms with Crippen molar-refractivity contribution >= 4 is 5.97 Å². The topological polar surface area (TPSA) is 75.4 Å². The number of carbonyl (C=O) groups is 1. The van der Waals surface area contributed by atoms with Gasteiger partial charge in [0.2, 0.25) is 0 Å². The normalized spacial score (nSPS) is 12.3. The van der Waals surface area contributed by atoms with Crippen molar-refractivity contribution in [3.05, 3.63) is 52.4 Å². The number of carboxylic acid groups (broad SMARTS) is 1. The number of rotatable bonds is 6. The minimum atomic E-state index is -0.906. The number of carboxylic acids is 1. The van der Waals surface area contributed by atoms with Gasteiger partial charge in [0, 0.05) is 18.2 Å². The molecule has 0 radical (unpaired) electrons. The molecular formula is C16H20N2O3. The van der Waals surface area contributed by atoms with E-state index in [1.807, 2.05) is 26.0 Å². The zero-order valence-corrected chi connectivity index (χ0v) is 12.5. The standard InChI is InChI=1S/C16H20N2O3/c1-4-14(15-10(2)18-21-11(15)3)17-9-12-5-7-13(8-6-12)16(19)20/h5-8,14,17H,4,9H2,1-3H3,(H,19,20). The second-order valence-electron chi connectivity index (χ2n) is 5.08. The van der Waals surface area contributed by atoms with Gasteiger partial charge >= 0.3 is 5.97 Å². The number of hydrogen-bond acceptors (Lipinski definition) is 4. The molecule has 0 bridgehead atoms. The van der Waals surface area contributed by atoms with Gasteiger partial charge in [-0.1, -0.05) is 24.2 Å². The monoisotopic (exact) mass is 288 g/mol. The molecule has 1 atom stereocenters. The SMILES string of the molecule is CCC(NCc1ccc(C(=O)O)cc1)c1c(C)noc1C. The minimum absolute atomic E-state index is 0.176. The lowest BCUT2D eigenvalue weighted by Gasteiger charge is -2.17. The van der Waals surface area contributed by atoms with Gasteiger partial charge in [-0.3, -0.25) is 0 Å². The molecule has 1 unspecified atom stereocenters. The first-order chi connectivity index (χ1) is 10.0. The molecular weight excluding hydrogens is 268 g/mol. The first-order valence-corrected chi connectivity index (χ1v) is 7.01. The molecule has 2 aromatic rings. The number of aryl methyl sites for hydroxylation is 2. The summed E-state index contributed by atoms with van der Waals surface area (Å²) in [4.78, 5) is 10.8. The van der Waals surface area contributed by atoms with E-state index in [0.717, 1.165) is 29.0 Å². The van der Waals surface area contributed by atoms with Gasteiger partial charge in [-0.05, 0) is 38.0 Å². The van der Waals surface area contributed by atoms with E-state index in [0.29, 0.717) is 12.1 Å². The number of nitrogens with zero attached hydrogens (tertiary/aromatic N) is 1. The van der Waals surface area contributed by atoms with E-state index < -0.39 is 5.97 Å². The second-order valence-corrected chi connectivity index (χ2v) is 5.08. The highest BCUT2D eigenvalue weighted by Crippen LogP contribution is 2.24. The van der Waals surface area contributed by atoms with E-state index in [-0.39, 0.29) is 6.04 Å². The van der Waals surface area contributed by atoms with E-state index in [1.54, 1.807) is 12.1 Å². The second kappa shape index (κ2) is 6.54. The predicted octanol–water partition coefficient (Wildman–Crippen LogP) is 3.23. The number of aromatic nitrogens is 1. The Morgan fingerprint density at radius 1 is 1.33 bits per heavy atom. The smallest absolute Gasteiger partial charge is 0.335 e. The third kappa shape index (κ3) is 3.49. The molecule has 0 fully saturated rings. The number of benzene rings is 1. The summed E-state index contributed by atoms with van der Waals surface area (Å²) in [5, 5.41) is 16.3. The van der Waals surface area contributed by atoms with Crippen LogP contribution in [0.2, 0.25) is 0 Å². The average Bonchev–Trinajstić information content (AvgIpc) is 2.80. The zero-order chi connectivity index (χ0) is 15.4. The predicted molar refractivity (Wildman–Crippen MR) is 79.3 cm³/mol. The van der Waals surface area contributed by atoms with Crippen LogP contribution in [0.15, 0.2) is 28.8 Å². The Labute approximate surface area is 124 Å². The maximum absolute atomic E-state index is 10.8. The summed E-state index contributed by atoms with van der Waals surface area (Å²) >= 11 is 0. The highest BCUT2D eigenvalue weighted by molar-refractivity contribution is 5.87. The van der Waals surface area contributed by atoms with Crippen LogP contribution in [0.4, 0.5) is 0 Å². The molecule has 1 aromatic carbocycles. The van der Waals surface area contributed by atoms with Crippen molar-refractivity contribution < 1.29 is 14.4 Å². The Morgan fingerprint density at radius 3 is 2.48 bits per heavy atom. The van der Waals surface area contributed by atoms with Crippen LogP contribution >= 0.6 is 0 Å². The van der Waals surface area contributed by atoms with Gasteiger partial charge in [0.15, 0.2) is 0 Å². The summed E-state index contributed by atoms with van der Waals surface area (Å²) < 4.78 is 5.22. The Kier molecular flexibility index (Phi) is 4.75. The van der Waals surface area contributed by atoms with Crippen LogP contribution < -0.4 is 5.32 Å². The summed E-state index contributed by atoms with van der Waals surface area (Å²) in [6.07, 6.45) is 0.927. The molecule has 5 heteroatoms. The maximum atomic E-state index is 10.8. The molecule has 5 nitrogen and oxygen atoms in total. The zero-order valence-electron chi connectivity index (χ0n) is 12.5. The molecule has 112 valence electrons. The van der Waals surface area contributed by atoms with Crippen molar-refractivity contribution in [1.82, 2.24) is 10.5 Å². The number of hydrogen-bond donors (Lipinski definition) is 2. The summed E-state index contributed by atoms with van der Waals surface area (Å²) in [7, 11) is 0. The molecule has 0 aliphatic carbocycles. The molecule has 2 N–H and O–H groups in total. The lowest BCUT2D eigenvalue weighted by molar-refractivity contribution is 0.0697. The summed E-state index contributed by atoms with van der Waals surface area (Å²) in [6.45, 7) is 6.64. The molecule has 0 saturated heterocycles. The lowest BCUT2D eigenvalue weighted by Crippen LogP contribution is -2.21. The molecule has 2 rings (SSSR count). The minimum Gasteiger partial charge on any atom is -0.478 e. The van der Waals surface area contributed by atoms with E-state index in [4.69, 9.17) is 9.63 Å². The van der Waals surface area contributed by atoms with Crippen LogP contribution in [0.25, 0.3) is 0 Å². The average molecular weight is 288 g/mol. The Bertz CT molecular complexity index is 597. The molecule has 21 heavy (non-hydrogen) atoms. The molecule has 1 aromatic heterocycles. The lowest BCUT2D eigenvalue weighted by atomic mass is 10.0. The van der Waals surface area contributed by atoms with E-state index in [1.165, 1.54) is 0 Å². The first kappa shape index (κ1) is 15.3. The largest absolute Gasteiger partial charge is 0.478 e. The maximum Gasteiger partial charge on any atom is 0.335 e. The quantitative estimate of drug-likeness (QED) is 0.853. The van der Waals surface area contributed by atoms with Gasteiger partial charge in [-0.2, -0.15) is 0 Å². The van der Waals surface area contributed by atoms with Crippen molar-refractivity contribution in [2.75, 3.05) is 0 Å². The summed E-state index contributed by atoms with van der Waals surface area (Å²) in [5.74, 6) is -0.0651. The van der Waals surface area contributed by atoms with Crippen LogP contribution in [0.3, 0.4) is 0 Å². The Balaban J connectivity index is 2.05. The fourth-order valence-corrected chi connectivity index (χ4v) is 2.44. The Morgan fingerprint density at radius 2 is 2.00 bits per heavy atom. The van der Waals surface area contributed by atoms with Crippen LogP contribution in [0.5, 0.6) is 0 Å².